The van der Waals surface area contributed by atoms with Crippen LogP contribution in [0.5, 0.6) is 0 Å². The Morgan fingerprint density at radius 3 is 1.13 bits per heavy atom. The van der Waals surface area contributed by atoms with Gasteiger partial charge in [-0.2, -0.15) is 0 Å². The fourth-order valence-electron chi connectivity index (χ4n) is 10.7. The SMILES string of the molecule is CCCCCCC/C=C\C/C=C\CCCCCCCCCCCCCC(=O)NC(COC1OC(CO)C(O)C(O)C1O)C(O)/C=C/CCCCCCCCCCCCCCCCCCCCCCCCCCCCCC. The van der Waals surface area contributed by atoms with Crippen molar-refractivity contribution in [2.24, 2.45) is 0 Å². The van der Waals surface area contributed by atoms with Crippen molar-refractivity contribution in [1.82, 2.24) is 5.32 Å². The van der Waals surface area contributed by atoms with Crippen LogP contribution in [0.3, 0.4) is 0 Å². The molecule has 0 aromatic rings. The lowest BCUT2D eigenvalue weighted by atomic mass is 9.99. The molecule has 1 saturated heterocycles. The van der Waals surface area contributed by atoms with E-state index in [2.05, 4.69) is 43.5 Å². The Morgan fingerprint density at radius 1 is 0.447 bits per heavy atom. The number of carbonyl (C=O) groups is 1. The highest BCUT2D eigenvalue weighted by Crippen LogP contribution is 2.23. The van der Waals surface area contributed by atoms with E-state index < -0.39 is 49.5 Å². The summed E-state index contributed by atoms with van der Waals surface area (Å²) in [6, 6.07) is -0.807. The zero-order chi connectivity index (χ0) is 55.0. The van der Waals surface area contributed by atoms with E-state index in [1.54, 1.807) is 6.08 Å². The Hall–Kier alpha value is -1.59. The minimum atomic E-state index is -1.57. The highest BCUT2D eigenvalue weighted by atomic mass is 16.7. The molecular weight excluding hydrogens is 947 g/mol. The molecular formula is C67H127NO8. The van der Waals surface area contributed by atoms with Gasteiger partial charge in [0.1, 0.15) is 24.4 Å². The van der Waals surface area contributed by atoms with Gasteiger partial charge in [-0.25, -0.2) is 0 Å². The maximum absolute atomic E-state index is 13.1. The molecule has 0 aromatic heterocycles. The molecule has 6 N–H and O–H groups in total. The second-order valence-corrected chi connectivity index (χ2v) is 23.3. The van der Waals surface area contributed by atoms with Gasteiger partial charge < -0.3 is 40.3 Å². The first kappa shape index (κ1) is 72.4. The van der Waals surface area contributed by atoms with E-state index in [4.69, 9.17) is 9.47 Å². The highest BCUT2D eigenvalue weighted by Gasteiger charge is 2.44. The number of rotatable bonds is 58. The van der Waals surface area contributed by atoms with Crippen molar-refractivity contribution in [3.05, 3.63) is 36.5 Å². The molecule has 0 spiro atoms. The van der Waals surface area contributed by atoms with Gasteiger partial charge in [0.05, 0.1) is 25.4 Å². The van der Waals surface area contributed by atoms with Crippen LogP contribution in [-0.4, -0.2) is 87.5 Å². The first-order valence-corrected chi connectivity index (χ1v) is 33.2. The normalized spacial score (nSPS) is 19.0. The van der Waals surface area contributed by atoms with Crippen LogP contribution in [0, 0.1) is 0 Å². The quantitative estimate of drug-likeness (QED) is 0.0261. The molecule has 7 atom stereocenters. The van der Waals surface area contributed by atoms with Gasteiger partial charge in [-0.1, -0.05) is 307 Å². The molecule has 0 aliphatic carbocycles. The van der Waals surface area contributed by atoms with Crippen molar-refractivity contribution < 1.29 is 39.8 Å². The Kier molecular flexibility index (Phi) is 54.0. The fourth-order valence-corrected chi connectivity index (χ4v) is 10.7. The number of allylic oxidation sites excluding steroid dienone is 5. The Balaban J connectivity index is 2.15. The number of hydrogen-bond acceptors (Lipinski definition) is 8. The number of hydrogen-bond donors (Lipinski definition) is 6. The van der Waals surface area contributed by atoms with Crippen molar-refractivity contribution in [2.45, 2.75) is 371 Å². The summed E-state index contributed by atoms with van der Waals surface area (Å²) >= 11 is 0. The number of ether oxygens (including phenoxy) is 2. The summed E-state index contributed by atoms with van der Waals surface area (Å²) in [6.45, 7) is 3.81. The van der Waals surface area contributed by atoms with Gasteiger partial charge >= 0.3 is 0 Å². The van der Waals surface area contributed by atoms with Gasteiger partial charge in [-0.3, -0.25) is 4.79 Å². The Bertz CT molecular complexity index is 1290. The molecule has 0 aromatic carbocycles. The maximum Gasteiger partial charge on any atom is 0.220 e. The van der Waals surface area contributed by atoms with Gasteiger partial charge in [0, 0.05) is 6.42 Å². The lowest BCUT2D eigenvalue weighted by Crippen LogP contribution is -2.60. The van der Waals surface area contributed by atoms with Crippen molar-refractivity contribution >= 4 is 5.91 Å². The maximum atomic E-state index is 13.1. The molecule has 1 amide bonds. The molecule has 1 aliphatic rings. The lowest BCUT2D eigenvalue weighted by molar-refractivity contribution is -0.302. The molecule has 0 radical (unpaired) electrons. The summed E-state index contributed by atoms with van der Waals surface area (Å²) < 4.78 is 11.3. The third kappa shape index (κ3) is 45.2. The molecule has 0 saturated carbocycles. The van der Waals surface area contributed by atoms with Gasteiger partial charge in [0.15, 0.2) is 6.29 Å². The predicted octanol–water partition coefficient (Wildman–Crippen LogP) is 17.5. The summed E-state index contributed by atoms with van der Waals surface area (Å²) in [5.74, 6) is -0.175. The molecule has 7 unspecified atom stereocenters. The third-order valence-electron chi connectivity index (χ3n) is 16.0. The summed E-state index contributed by atoms with van der Waals surface area (Å²) in [6.07, 6.45) is 68.1. The van der Waals surface area contributed by atoms with Crippen LogP contribution in [0.15, 0.2) is 36.5 Å². The standard InChI is InChI=1S/C67H127NO8/c1-3-5-7-9-11-13-15-17-19-21-23-25-27-28-29-30-31-32-33-35-36-38-40-42-44-46-48-50-52-54-56-61(70)60(59-75-67-66(74)65(73)64(72)62(58-69)76-67)68-63(71)57-55-53-51-49-47-45-43-41-39-37-34-26-24-22-20-18-16-14-12-10-8-6-4-2/h16,18,22,24,54,56,60-62,64-67,69-70,72-74H,3-15,17,19-21,23,25-53,55,57-59H2,1-2H3,(H,68,71)/b18-16-,24-22-,56-54+. The van der Waals surface area contributed by atoms with Gasteiger partial charge in [0.25, 0.3) is 0 Å². The smallest absolute Gasteiger partial charge is 0.220 e. The third-order valence-corrected chi connectivity index (χ3v) is 16.0. The number of amides is 1. The van der Waals surface area contributed by atoms with Crippen LogP contribution in [0.4, 0.5) is 0 Å². The van der Waals surface area contributed by atoms with Gasteiger partial charge in [-0.15, -0.1) is 0 Å². The van der Waals surface area contributed by atoms with Crippen molar-refractivity contribution in [3.8, 4) is 0 Å². The molecule has 1 aliphatic heterocycles. The van der Waals surface area contributed by atoms with Crippen LogP contribution >= 0.6 is 0 Å². The first-order chi connectivity index (χ1) is 37.3. The average Bonchev–Trinajstić information content (AvgIpc) is 3.42. The van der Waals surface area contributed by atoms with Crippen LogP contribution in [-0.2, 0) is 14.3 Å². The molecule has 1 fully saturated rings. The topological polar surface area (TPSA) is 149 Å². The summed E-state index contributed by atoms with van der Waals surface area (Å²) in [5, 5.41) is 54.7. The molecule has 0 bridgehead atoms. The zero-order valence-electron chi connectivity index (χ0n) is 50.0. The molecule has 76 heavy (non-hydrogen) atoms. The number of aliphatic hydroxyl groups excluding tert-OH is 5. The molecule has 1 rings (SSSR count). The number of aliphatic hydroxyl groups is 5. The lowest BCUT2D eigenvalue weighted by Gasteiger charge is -2.40. The van der Waals surface area contributed by atoms with Crippen molar-refractivity contribution in [3.63, 3.8) is 0 Å². The largest absolute Gasteiger partial charge is 0.394 e. The van der Waals surface area contributed by atoms with E-state index in [1.165, 1.54) is 263 Å². The molecule has 1 heterocycles. The monoisotopic (exact) mass is 1070 g/mol. The van der Waals surface area contributed by atoms with Crippen molar-refractivity contribution in [2.75, 3.05) is 13.2 Å². The molecule has 448 valence electrons. The predicted molar refractivity (Wildman–Crippen MR) is 323 cm³/mol. The Morgan fingerprint density at radius 2 is 0.776 bits per heavy atom. The second kappa shape index (κ2) is 56.7. The van der Waals surface area contributed by atoms with Crippen LogP contribution in [0.25, 0.3) is 0 Å². The second-order valence-electron chi connectivity index (χ2n) is 23.3. The van der Waals surface area contributed by atoms with Crippen LogP contribution < -0.4 is 5.32 Å². The van der Waals surface area contributed by atoms with Crippen LogP contribution in [0.2, 0.25) is 0 Å². The number of nitrogens with one attached hydrogen (secondary N) is 1. The Labute approximate surface area is 470 Å². The summed E-state index contributed by atoms with van der Waals surface area (Å²) in [7, 11) is 0. The average molecular weight is 1070 g/mol. The molecule has 9 nitrogen and oxygen atoms in total. The molecule has 9 heteroatoms. The van der Waals surface area contributed by atoms with Gasteiger partial charge in [-0.05, 0) is 51.4 Å². The number of carbonyl (C=O) groups excluding carboxylic acids is 1. The zero-order valence-corrected chi connectivity index (χ0v) is 50.0. The first-order valence-electron chi connectivity index (χ1n) is 33.2. The van der Waals surface area contributed by atoms with Crippen LogP contribution in [0.1, 0.15) is 328 Å². The van der Waals surface area contributed by atoms with E-state index >= 15 is 0 Å². The van der Waals surface area contributed by atoms with E-state index in [-0.39, 0.29) is 12.5 Å². The van der Waals surface area contributed by atoms with E-state index in [0.717, 1.165) is 44.9 Å². The summed E-state index contributed by atoms with van der Waals surface area (Å²) in [5.41, 5.74) is 0. The minimum Gasteiger partial charge on any atom is -0.394 e. The minimum absolute atomic E-state index is 0.175. The fraction of sp³-hybridized carbons (Fsp3) is 0.896. The highest BCUT2D eigenvalue weighted by molar-refractivity contribution is 5.76. The van der Waals surface area contributed by atoms with Gasteiger partial charge in [0.2, 0.25) is 5.91 Å². The van der Waals surface area contributed by atoms with E-state index in [9.17, 15) is 30.3 Å². The van der Waals surface area contributed by atoms with Crippen molar-refractivity contribution in [1.29, 1.82) is 0 Å². The van der Waals surface area contributed by atoms with E-state index in [1.807, 2.05) is 6.08 Å². The number of unbranched alkanes of at least 4 members (excludes halogenated alkanes) is 44. The summed E-state index contributed by atoms with van der Waals surface area (Å²) in [4.78, 5) is 13.1. The van der Waals surface area contributed by atoms with E-state index in [0.29, 0.717) is 6.42 Å².